The van der Waals surface area contributed by atoms with Crippen LogP contribution in [0, 0.1) is 3.57 Å². The van der Waals surface area contributed by atoms with Crippen molar-refractivity contribution in [1.82, 2.24) is 5.32 Å². The molecule has 0 aliphatic heterocycles. The van der Waals surface area contributed by atoms with E-state index in [0.29, 0.717) is 0 Å². The molecule has 1 aromatic carbocycles. The largest absolute Gasteiger partial charge is 0.365 e. The molecule has 0 amide bonds. The number of halogens is 1. The summed E-state index contributed by atoms with van der Waals surface area (Å²) in [5.41, 5.74) is 1.13. The molecule has 2 nitrogen and oxygen atoms in total. The van der Waals surface area contributed by atoms with E-state index in [1.54, 1.807) is 0 Å². The molecule has 0 bridgehead atoms. The van der Waals surface area contributed by atoms with Gasteiger partial charge in [-0.2, -0.15) is 0 Å². The van der Waals surface area contributed by atoms with Crippen LogP contribution in [-0.4, -0.2) is 19.2 Å². The van der Waals surface area contributed by atoms with Crippen molar-refractivity contribution in [3.05, 3.63) is 27.8 Å². The van der Waals surface area contributed by atoms with Gasteiger partial charge in [-0.25, -0.2) is 0 Å². The zero-order chi connectivity index (χ0) is 9.84. The second-order valence-electron chi connectivity index (χ2n) is 2.57. The minimum atomic E-state index is 0.726. The molecule has 0 fully saturated rings. The normalized spacial score (nSPS) is 9.46. The van der Waals surface area contributed by atoms with E-state index in [1.807, 2.05) is 37.2 Å². The third-order valence-electron chi connectivity index (χ3n) is 1.73. The topological polar surface area (TPSA) is 15.3 Å². The summed E-state index contributed by atoms with van der Waals surface area (Å²) in [6.45, 7) is 0. The molecule has 0 aromatic heterocycles. The van der Waals surface area contributed by atoms with Crippen molar-refractivity contribution in [2.45, 2.75) is 0 Å². The Labute approximate surface area is 97.5 Å². The van der Waals surface area contributed by atoms with Gasteiger partial charge in [0.1, 0.15) is 0 Å². The highest BCUT2D eigenvalue weighted by molar-refractivity contribution is 14.1. The monoisotopic (exact) mass is 306 g/mol. The van der Waals surface area contributed by atoms with Crippen molar-refractivity contribution < 1.29 is 0 Å². The lowest BCUT2D eigenvalue weighted by molar-refractivity contribution is 1.11. The second kappa shape index (κ2) is 4.76. The Morgan fingerprint density at radius 3 is 2.62 bits per heavy atom. The maximum atomic E-state index is 5.13. The van der Waals surface area contributed by atoms with Gasteiger partial charge in [-0.05, 0) is 46.9 Å². The number of hydrogen-bond acceptors (Lipinski definition) is 1. The Bertz CT molecular complexity index is 314. The Hall–Kier alpha value is -0.360. The highest BCUT2D eigenvalue weighted by Gasteiger charge is 2.07. The van der Waals surface area contributed by atoms with E-state index in [4.69, 9.17) is 12.2 Å². The predicted octanol–water partition coefficient (Wildman–Crippen LogP) is 2.23. The molecule has 13 heavy (non-hydrogen) atoms. The summed E-state index contributed by atoms with van der Waals surface area (Å²) in [6.07, 6.45) is 0. The van der Waals surface area contributed by atoms with Gasteiger partial charge in [-0.15, -0.1) is 0 Å². The minimum absolute atomic E-state index is 0.726. The van der Waals surface area contributed by atoms with E-state index in [1.165, 1.54) is 3.57 Å². The van der Waals surface area contributed by atoms with Gasteiger partial charge in [0.05, 0.1) is 5.69 Å². The van der Waals surface area contributed by atoms with Crippen LogP contribution in [0.5, 0.6) is 0 Å². The first-order valence-electron chi connectivity index (χ1n) is 3.86. The molecule has 0 aliphatic rings. The average Bonchev–Trinajstić information content (AvgIpc) is 2.16. The first-order valence-corrected chi connectivity index (χ1v) is 5.35. The predicted molar refractivity (Wildman–Crippen MR) is 69.2 cm³/mol. The number of benzene rings is 1. The van der Waals surface area contributed by atoms with Crippen molar-refractivity contribution in [2.24, 2.45) is 0 Å². The van der Waals surface area contributed by atoms with Crippen molar-refractivity contribution in [3.63, 3.8) is 0 Å². The van der Waals surface area contributed by atoms with Gasteiger partial charge in [-0.3, -0.25) is 0 Å². The highest BCUT2D eigenvalue weighted by Crippen LogP contribution is 2.20. The summed E-state index contributed by atoms with van der Waals surface area (Å²) in [5, 5.41) is 3.67. The molecular weight excluding hydrogens is 295 g/mol. The van der Waals surface area contributed by atoms with Crippen LogP contribution in [0.3, 0.4) is 0 Å². The van der Waals surface area contributed by atoms with Gasteiger partial charge < -0.3 is 10.2 Å². The average molecular weight is 306 g/mol. The highest BCUT2D eigenvalue weighted by atomic mass is 127. The first kappa shape index (κ1) is 10.7. The molecule has 0 atom stereocenters. The fraction of sp³-hybridized carbons (Fsp3) is 0.222. The second-order valence-corrected chi connectivity index (χ2v) is 4.11. The van der Waals surface area contributed by atoms with Crippen LogP contribution in [0.4, 0.5) is 5.69 Å². The van der Waals surface area contributed by atoms with Crippen molar-refractivity contribution >= 4 is 45.6 Å². The number of thiocarbonyl (C=S) groups is 1. The maximum absolute atomic E-state index is 5.13. The lowest BCUT2D eigenvalue weighted by Crippen LogP contribution is -2.34. The van der Waals surface area contributed by atoms with E-state index < -0.39 is 0 Å². The number of nitrogens with zero attached hydrogens (tertiary/aromatic N) is 1. The van der Waals surface area contributed by atoms with Crippen LogP contribution in [-0.2, 0) is 0 Å². The number of hydrogen-bond donors (Lipinski definition) is 1. The lowest BCUT2D eigenvalue weighted by Gasteiger charge is -2.20. The molecule has 0 aliphatic carbocycles. The van der Waals surface area contributed by atoms with Crippen LogP contribution in [0.25, 0.3) is 0 Å². The molecule has 1 N–H and O–H groups in total. The van der Waals surface area contributed by atoms with E-state index in [9.17, 15) is 0 Å². The van der Waals surface area contributed by atoms with E-state index in [2.05, 4.69) is 34.0 Å². The van der Waals surface area contributed by atoms with Crippen LogP contribution in [0.15, 0.2) is 24.3 Å². The van der Waals surface area contributed by atoms with Gasteiger partial charge in [0.25, 0.3) is 0 Å². The summed E-state index contributed by atoms with van der Waals surface area (Å²) in [5.74, 6) is 0. The standard InChI is InChI=1S/C9H11IN2S/c1-11-9(13)12(2)8-6-4-3-5-7(8)10/h3-6H,1-2H3,(H,11,13). The van der Waals surface area contributed by atoms with Crippen LogP contribution < -0.4 is 10.2 Å². The van der Waals surface area contributed by atoms with Crippen molar-refractivity contribution in [2.75, 3.05) is 19.0 Å². The SMILES string of the molecule is CNC(=S)N(C)c1ccccc1I. The van der Waals surface area contributed by atoms with Crippen LogP contribution in [0.1, 0.15) is 0 Å². The fourth-order valence-electron chi connectivity index (χ4n) is 1.00. The van der Waals surface area contributed by atoms with Crippen LogP contribution in [0.2, 0.25) is 0 Å². The molecule has 70 valence electrons. The molecule has 4 heteroatoms. The Kier molecular flexibility index (Phi) is 3.92. The van der Waals surface area contributed by atoms with Crippen LogP contribution >= 0.6 is 34.8 Å². The summed E-state index contributed by atoms with van der Waals surface area (Å²) in [6, 6.07) is 8.13. The molecule has 0 unspecified atom stereocenters. The molecule has 0 spiro atoms. The van der Waals surface area contributed by atoms with Crippen molar-refractivity contribution in [3.8, 4) is 0 Å². The molecule has 0 saturated heterocycles. The number of anilines is 1. The summed E-state index contributed by atoms with van der Waals surface area (Å²) >= 11 is 7.43. The summed E-state index contributed by atoms with van der Waals surface area (Å²) < 4.78 is 1.19. The fourth-order valence-corrected chi connectivity index (χ4v) is 1.85. The van der Waals surface area contributed by atoms with E-state index in [-0.39, 0.29) is 0 Å². The maximum Gasteiger partial charge on any atom is 0.172 e. The lowest BCUT2D eigenvalue weighted by atomic mass is 10.3. The molecular formula is C9H11IN2S. The quantitative estimate of drug-likeness (QED) is 0.633. The Morgan fingerprint density at radius 1 is 1.46 bits per heavy atom. The third kappa shape index (κ3) is 2.54. The van der Waals surface area contributed by atoms with Gasteiger partial charge >= 0.3 is 0 Å². The zero-order valence-electron chi connectivity index (χ0n) is 7.54. The van der Waals surface area contributed by atoms with Crippen molar-refractivity contribution in [1.29, 1.82) is 0 Å². The summed E-state index contributed by atoms with van der Waals surface area (Å²) in [4.78, 5) is 1.96. The number of nitrogens with one attached hydrogen (secondary N) is 1. The molecule has 0 saturated carbocycles. The van der Waals surface area contributed by atoms with Gasteiger partial charge in [-0.1, -0.05) is 12.1 Å². The van der Waals surface area contributed by atoms with E-state index in [0.717, 1.165) is 10.8 Å². The molecule has 0 radical (unpaired) electrons. The molecule has 0 heterocycles. The Balaban J connectivity index is 2.95. The Morgan fingerprint density at radius 2 is 2.08 bits per heavy atom. The first-order chi connectivity index (χ1) is 6.16. The zero-order valence-corrected chi connectivity index (χ0v) is 10.5. The van der Waals surface area contributed by atoms with Gasteiger partial charge in [0.2, 0.25) is 0 Å². The minimum Gasteiger partial charge on any atom is -0.365 e. The number of rotatable bonds is 1. The number of para-hydroxylation sites is 1. The summed E-state index contributed by atoms with van der Waals surface area (Å²) in [7, 11) is 3.78. The van der Waals surface area contributed by atoms with E-state index >= 15 is 0 Å². The smallest absolute Gasteiger partial charge is 0.172 e. The van der Waals surface area contributed by atoms with Gasteiger partial charge in [0, 0.05) is 17.7 Å². The molecule has 1 rings (SSSR count). The van der Waals surface area contributed by atoms with Gasteiger partial charge in [0.15, 0.2) is 5.11 Å². The molecule has 1 aromatic rings. The third-order valence-corrected chi connectivity index (χ3v) is 3.12.